The van der Waals surface area contributed by atoms with Crippen molar-refractivity contribution in [2.24, 2.45) is 5.73 Å². The van der Waals surface area contributed by atoms with Crippen molar-refractivity contribution >= 4 is 0 Å². The Hall–Kier alpha value is -1.80. The fraction of sp³-hybridized carbons (Fsp3) is 0.368. The van der Waals surface area contributed by atoms with Crippen LogP contribution in [-0.4, -0.2) is 6.61 Å². The monoisotopic (exact) mass is 283 g/mol. The summed E-state index contributed by atoms with van der Waals surface area (Å²) in [5, 5.41) is 0. The molecular formula is C19H25NO. The second kappa shape index (κ2) is 7.84. The summed E-state index contributed by atoms with van der Waals surface area (Å²) in [6.45, 7) is 4.82. The van der Waals surface area contributed by atoms with Crippen LogP contribution in [0.25, 0.3) is 0 Å². The largest absolute Gasteiger partial charge is 0.493 e. The van der Waals surface area contributed by atoms with Gasteiger partial charge in [0, 0.05) is 11.6 Å². The summed E-state index contributed by atoms with van der Waals surface area (Å²) in [5.74, 6) is 0.926. The van der Waals surface area contributed by atoms with E-state index in [1.54, 1.807) is 0 Å². The van der Waals surface area contributed by atoms with Gasteiger partial charge in [-0.05, 0) is 44.7 Å². The van der Waals surface area contributed by atoms with Crippen LogP contribution in [0.3, 0.4) is 0 Å². The third-order valence-corrected chi connectivity index (χ3v) is 3.62. The molecule has 0 aliphatic heterocycles. The minimum Gasteiger partial charge on any atom is -0.493 e. The molecule has 0 fully saturated rings. The first-order valence-electron chi connectivity index (χ1n) is 7.69. The van der Waals surface area contributed by atoms with Crippen molar-refractivity contribution in [1.82, 2.24) is 0 Å². The molecule has 2 rings (SSSR count). The van der Waals surface area contributed by atoms with E-state index in [0.29, 0.717) is 0 Å². The zero-order valence-electron chi connectivity index (χ0n) is 13.0. The highest BCUT2D eigenvalue weighted by atomic mass is 16.5. The maximum Gasteiger partial charge on any atom is 0.124 e. The van der Waals surface area contributed by atoms with E-state index in [0.717, 1.165) is 37.2 Å². The number of unbranched alkanes of at least 4 members (excludes halogenated alkanes) is 1. The van der Waals surface area contributed by atoms with Crippen LogP contribution in [0.5, 0.6) is 5.75 Å². The standard InChI is InChI=1S/C19H25NO/c1-15-11-12-19(18(14-15)16(2)20)21-13-7-6-10-17-8-4-3-5-9-17/h3-5,8-9,11-12,14,16H,6-7,10,13,20H2,1-2H3/t16-/m1/s1. The van der Waals surface area contributed by atoms with Gasteiger partial charge < -0.3 is 10.5 Å². The lowest BCUT2D eigenvalue weighted by atomic mass is 10.1. The van der Waals surface area contributed by atoms with Gasteiger partial charge in [-0.2, -0.15) is 0 Å². The zero-order valence-corrected chi connectivity index (χ0v) is 13.0. The van der Waals surface area contributed by atoms with Crippen molar-refractivity contribution in [3.05, 3.63) is 65.2 Å². The summed E-state index contributed by atoms with van der Waals surface area (Å²) >= 11 is 0. The lowest BCUT2D eigenvalue weighted by Gasteiger charge is -2.14. The van der Waals surface area contributed by atoms with Crippen LogP contribution >= 0.6 is 0 Å². The molecule has 0 saturated heterocycles. The van der Waals surface area contributed by atoms with Crippen molar-refractivity contribution < 1.29 is 4.74 Å². The SMILES string of the molecule is Cc1ccc(OCCCCc2ccccc2)c([C@@H](C)N)c1. The lowest BCUT2D eigenvalue weighted by Crippen LogP contribution is -2.09. The Morgan fingerprint density at radius 3 is 2.52 bits per heavy atom. The molecule has 2 aromatic rings. The predicted octanol–water partition coefficient (Wildman–Crippen LogP) is 4.42. The Bertz CT molecular complexity index is 549. The minimum atomic E-state index is 0.00391. The Balaban J connectivity index is 1.78. The molecule has 0 spiro atoms. The van der Waals surface area contributed by atoms with E-state index < -0.39 is 0 Å². The van der Waals surface area contributed by atoms with Crippen LogP contribution in [0.15, 0.2) is 48.5 Å². The van der Waals surface area contributed by atoms with Gasteiger partial charge in [0.05, 0.1) is 6.61 Å². The Morgan fingerprint density at radius 1 is 1.05 bits per heavy atom. The summed E-state index contributed by atoms with van der Waals surface area (Å²) < 4.78 is 5.91. The van der Waals surface area contributed by atoms with E-state index >= 15 is 0 Å². The highest BCUT2D eigenvalue weighted by Gasteiger charge is 2.08. The molecule has 0 aliphatic carbocycles. The molecule has 0 bridgehead atoms. The summed E-state index contributed by atoms with van der Waals surface area (Å²) in [5.41, 5.74) is 9.72. The third kappa shape index (κ3) is 4.91. The molecule has 0 saturated carbocycles. The van der Waals surface area contributed by atoms with E-state index in [1.165, 1.54) is 11.1 Å². The molecule has 2 aromatic carbocycles. The van der Waals surface area contributed by atoms with Crippen LogP contribution in [0.1, 0.15) is 42.5 Å². The van der Waals surface area contributed by atoms with Gasteiger partial charge in [-0.3, -0.25) is 0 Å². The van der Waals surface area contributed by atoms with Crippen LogP contribution in [0.2, 0.25) is 0 Å². The van der Waals surface area contributed by atoms with Gasteiger partial charge in [0.25, 0.3) is 0 Å². The molecule has 0 aromatic heterocycles. The van der Waals surface area contributed by atoms with Crippen LogP contribution < -0.4 is 10.5 Å². The Labute approximate surface area is 127 Å². The molecule has 2 nitrogen and oxygen atoms in total. The van der Waals surface area contributed by atoms with Gasteiger partial charge in [-0.25, -0.2) is 0 Å². The third-order valence-electron chi connectivity index (χ3n) is 3.62. The Kier molecular flexibility index (Phi) is 5.82. The first-order valence-corrected chi connectivity index (χ1v) is 7.69. The minimum absolute atomic E-state index is 0.00391. The summed E-state index contributed by atoms with van der Waals surface area (Å²) in [6, 6.07) is 16.8. The number of nitrogens with two attached hydrogens (primary N) is 1. The predicted molar refractivity (Wildman–Crippen MR) is 88.7 cm³/mol. The van der Waals surface area contributed by atoms with Crippen molar-refractivity contribution in [1.29, 1.82) is 0 Å². The summed E-state index contributed by atoms with van der Waals surface area (Å²) in [7, 11) is 0. The number of hydrogen-bond acceptors (Lipinski definition) is 2. The number of ether oxygens (including phenoxy) is 1. The maximum atomic E-state index is 6.01. The fourth-order valence-corrected chi connectivity index (χ4v) is 2.41. The van der Waals surface area contributed by atoms with E-state index in [9.17, 15) is 0 Å². The molecule has 1 atom stereocenters. The van der Waals surface area contributed by atoms with E-state index in [2.05, 4.69) is 49.4 Å². The molecule has 112 valence electrons. The first-order chi connectivity index (χ1) is 10.2. The number of benzene rings is 2. The summed E-state index contributed by atoms with van der Waals surface area (Å²) in [6.07, 6.45) is 3.31. The van der Waals surface area contributed by atoms with Gasteiger partial charge in [0.1, 0.15) is 5.75 Å². The second-order valence-electron chi connectivity index (χ2n) is 5.62. The van der Waals surface area contributed by atoms with Gasteiger partial charge >= 0.3 is 0 Å². The van der Waals surface area contributed by atoms with Crippen LogP contribution in [-0.2, 0) is 6.42 Å². The number of hydrogen-bond donors (Lipinski definition) is 1. The number of aryl methyl sites for hydroxylation is 2. The normalized spacial score (nSPS) is 12.1. The quantitative estimate of drug-likeness (QED) is 0.764. The van der Waals surface area contributed by atoms with Crippen molar-refractivity contribution in [2.45, 2.75) is 39.2 Å². The average Bonchev–Trinajstić information content (AvgIpc) is 2.49. The molecule has 0 amide bonds. The molecule has 0 heterocycles. The zero-order chi connectivity index (χ0) is 15.1. The lowest BCUT2D eigenvalue weighted by molar-refractivity contribution is 0.302. The topological polar surface area (TPSA) is 35.2 Å². The second-order valence-corrected chi connectivity index (χ2v) is 5.62. The number of rotatable bonds is 7. The van der Waals surface area contributed by atoms with Gasteiger partial charge in [0.2, 0.25) is 0 Å². The molecular weight excluding hydrogens is 258 g/mol. The highest BCUT2D eigenvalue weighted by molar-refractivity contribution is 5.38. The molecule has 21 heavy (non-hydrogen) atoms. The van der Waals surface area contributed by atoms with E-state index in [-0.39, 0.29) is 6.04 Å². The smallest absolute Gasteiger partial charge is 0.124 e. The molecule has 0 unspecified atom stereocenters. The molecule has 2 N–H and O–H groups in total. The summed E-state index contributed by atoms with van der Waals surface area (Å²) in [4.78, 5) is 0. The average molecular weight is 283 g/mol. The van der Waals surface area contributed by atoms with Gasteiger partial charge in [-0.1, -0.05) is 48.0 Å². The van der Waals surface area contributed by atoms with Gasteiger partial charge in [0.15, 0.2) is 0 Å². The van der Waals surface area contributed by atoms with Gasteiger partial charge in [-0.15, -0.1) is 0 Å². The van der Waals surface area contributed by atoms with Crippen molar-refractivity contribution in [2.75, 3.05) is 6.61 Å². The molecule has 2 heteroatoms. The van der Waals surface area contributed by atoms with Crippen molar-refractivity contribution in [3.8, 4) is 5.75 Å². The Morgan fingerprint density at radius 2 is 1.81 bits per heavy atom. The van der Waals surface area contributed by atoms with E-state index in [1.807, 2.05) is 13.0 Å². The molecule has 0 aliphatic rings. The maximum absolute atomic E-state index is 6.01. The highest BCUT2D eigenvalue weighted by Crippen LogP contribution is 2.25. The van der Waals surface area contributed by atoms with Crippen molar-refractivity contribution in [3.63, 3.8) is 0 Å². The van der Waals surface area contributed by atoms with Crippen LogP contribution in [0, 0.1) is 6.92 Å². The first kappa shape index (κ1) is 15.6. The molecule has 0 radical (unpaired) electrons. The fourth-order valence-electron chi connectivity index (χ4n) is 2.41. The van der Waals surface area contributed by atoms with Crippen LogP contribution in [0.4, 0.5) is 0 Å². The van der Waals surface area contributed by atoms with E-state index in [4.69, 9.17) is 10.5 Å².